The minimum absolute atomic E-state index is 0.0426. The lowest BCUT2D eigenvalue weighted by molar-refractivity contribution is -0.0218. The van der Waals surface area contributed by atoms with Crippen molar-refractivity contribution in [2.24, 2.45) is 5.41 Å². The number of anilines is 2. The number of nitrogen functional groups attached to an aromatic ring is 2. The molecule has 170 valence electrons. The maximum absolute atomic E-state index is 11.2. The molecule has 1 saturated carbocycles. The third-order valence-corrected chi connectivity index (χ3v) is 8.03. The van der Waals surface area contributed by atoms with Gasteiger partial charge in [0.25, 0.3) is 0 Å². The van der Waals surface area contributed by atoms with Gasteiger partial charge in [0.05, 0.1) is 27.5 Å². The summed E-state index contributed by atoms with van der Waals surface area (Å²) < 4.78 is 2.70. The second-order valence-electron chi connectivity index (χ2n) is 9.23. The number of nitrogens with two attached hydrogens (primary N) is 2. The smallest absolute Gasteiger partial charge is 0.145 e. The number of benzene rings is 1. The average molecular weight is 510 g/mol. The van der Waals surface area contributed by atoms with Crippen LogP contribution in [0.1, 0.15) is 30.5 Å². The fourth-order valence-electron chi connectivity index (χ4n) is 5.64. The van der Waals surface area contributed by atoms with E-state index in [9.17, 15) is 10.2 Å². The van der Waals surface area contributed by atoms with Crippen LogP contribution in [0.4, 0.5) is 11.6 Å². The van der Waals surface area contributed by atoms with Gasteiger partial charge in [-0.3, -0.25) is 0 Å². The summed E-state index contributed by atoms with van der Waals surface area (Å²) in [5.41, 5.74) is 14.1. The van der Waals surface area contributed by atoms with Crippen molar-refractivity contribution in [2.75, 3.05) is 18.0 Å². The standard InChI is InChI=1S/C23H24BrN7O2/c24-14-5-11-1-2-12(6-15(11)30-21(14)26)16-7-23(9-27-16)8-17(18(32)19(23)33)31-4-3-13-20(25)28-10-29-22(13)31/h1-6,10,16-19,27,32-33H,7-9H2,(H2,26,30)(H2,25,28,29)/t16-,17?,18+,19+,23+/m1/s1. The van der Waals surface area contributed by atoms with Crippen molar-refractivity contribution in [3.63, 3.8) is 0 Å². The SMILES string of the molecule is Nc1nc2cc([C@H]3C[C@@]4(CN3)CC(n3ccc5c(N)ncnc53)[C@H](O)[C@@H]4O)ccc2cc1Br. The van der Waals surface area contributed by atoms with E-state index in [1.54, 1.807) is 0 Å². The maximum Gasteiger partial charge on any atom is 0.145 e. The highest BCUT2D eigenvalue weighted by atomic mass is 79.9. The third-order valence-electron chi connectivity index (χ3n) is 7.39. The molecular weight excluding hydrogens is 486 g/mol. The number of halogens is 1. The number of hydrogen-bond acceptors (Lipinski definition) is 8. The second-order valence-corrected chi connectivity index (χ2v) is 10.1. The molecular formula is C23H24BrN7O2. The normalized spacial score (nSPS) is 29.5. The van der Waals surface area contributed by atoms with Gasteiger partial charge in [0.15, 0.2) is 0 Å². The van der Waals surface area contributed by atoms with Crippen molar-refractivity contribution in [2.45, 2.75) is 37.1 Å². The van der Waals surface area contributed by atoms with Crippen LogP contribution in [-0.4, -0.2) is 48.5 Å². The van der Waals surface area contributed by atoms with Crippen LogP contribution in [-0.2, 0) is 0 Å². The highest BCUT2D eigenvalue weighted by molar-refractivity contribution is 9.10. The Bertz CT molecular complexity index is 1390. The molecule has 2 aliphatic rings. The first-order chi connectivity index (χ1) is 15.9. The molecule has 4 aromatic rings. The summed E-state index contributed by atoms with van der Waals surface area (Å²) >= 11 is 3.43. The molecule has 2 fully saturated rings. The number of aliphatic hydroxyl groups excluding tert-OH is 2. The van der Waals surface area contributed by atoms with E-state index in [0.717, 1.165) is 26.3 Å². The molecule has 1 spiro atoms. The molecule has 1 aliphatic heterocycles. The van der Waals surface area contributed by atoms with E-state index in [2.05, 4.69) is 42.3 Å². The topological polar surface area (TPSA) is 148 Å². The van der Waals surface area contributed by atoms with Gasteiger partial charge >= 0.3 is 0 Å². The molecule has 1 unspecified atom stereocenters. The molecule has 9 nitrogen and oxygen atoms in total. The Labute approximate surface area is 198 Å². The van der Waals surface area contributed by atoms with Crippen molar-refractivity contribution < 1.29 is 10.2 Å². The summed E-state index contributed by atoms with van der Waals surface area (Å²) in [4.78, 5) is 12.9. The molecule has 0 amide bonds. The summed E-state index contributed by atoms with van der Waals surface area (Å²) in [5, 5.41) is 27.5. The monoisotopic (exact) mass is 509 g/mol. The molecule has 6 rings (SSSR count). The van der Waals surface area contributed by atoms with Crippen LogP contribution in [0.15, 0.2) is 47.3 Å². The molecule has 3 aromatic heterocycles. The van der Waals surface area contributed by atoms with Crippen LogP contribution >= 0.6 is 15.9 Å². The van der Waals surface area contributed by atoms with E-state index in [-0.39, 0.29) is 12.1 Å². The number of fused-ring (bicyclic) bond motifs is 2. The number of aliphatic hydroxyl groups is 2. The van der Waals surface area contributed by atoms with Gasteiger partial charge in [0.2, 0.25) is 0 Å². The minimum Gasteiger partial charge on any atom is -0.390 e. The van der Waals surface area contributed by atoms with E-state index in [1.165, 1.54) is 6.33 Å². The highest BCUT2D eigenvalue weighted by Crippen LogP contribution is 2.52. The van der Waals surface area contributed by atoms with Gasteiger partial charge in [0, 0.05) is 29.6 Å². The summed E-state index contributed by atoms with van der Waals surface area (Å²) in [6, 6.07) is 9.72. The predicted octanol–water partition coefficient (Wildman–Crippen LogP) is 2.29. The number of nitrogens with one attached hydrogen (secondary N) is 1. The lowest BCUT2D eigenvalue weighted by atomic mass is 9.80. The number of rotatable bonds is 2. The minimum atomic E-state index is -0.909. The van der Waals surface area contributed by atoms with E-state index in [0.29, 0.717) is 36.7 Å². The fraction of sp³-hybridized carbons (Fsp3) is 0.348. The Morgan fingerprint density at radius 1 is 1.09 bits per heavy atom. The van der Waals surface area contributed by atoms with Gasteiger partial charge in [0.1, 0.15) is 29.7 Å². The Balaban J connectivity index is 1.30. The Morgan fingerprint density at radius 3 is 2.79 bits per heavy atom. The molecule has 4 heterocycles. The van der Waals surface area contributed by atoms with Crippen LogP contribution in [0.2, 0.25) is 0 Å². The number of hydrogen-bond donors (Lipinski definition) is 5. The Morgan fingerprint density at radius 2 is 1.94 bits per heavy atom. The third kappa shape index (κ3) is 3.12. The van der Waals surface area contributed by atoms with Crippen molar-refractivity contribution >= 4 is 49.5 Å². The van der Waals surface area contributed by atoms with E-state index in [1.807, 2.05) is 35.0 Å². The molecule has 5 atom stereocenters. The van der Waals surface area contributed by atoms with Gasteiger partial charge in [-0.15, -0.1) is 0 Å². The van der Waals surface area contributed by atoms with Gasteiger partial charge in [-0.1, -0.05) is 12.1 Å². The largest absolute Gasteiger partial charge is 0.390 e. The molecule has 7 N–H and O–H groups in total. The molecule has 1 saturated heterocycles. The molecule has 0 radical (unpaired) electrons. The molecule has 1 aromatic carbocycles. The summed E-state index contributed by atoms with van der Waals surface area (Å²) in [5.74, 6) is 0.859. The van der Waals surface area contributed by atoms with Crippen molar-refractivity contribution in [1.29, 1.82) is 0 Å². The lowest BCUT2D eigenvalue weighted by Crippen LogP contribution is -2.38. The van der Waals surface area contributed by atoms with Crippen LogP contribution in [0.25, 0.3) is 21.9 Å². The maximum atomic E-state index is 11.2. The van der Waals surface area contributed by atoms with Crippen LogP contribution in [0.5, 0.6) is 0 Å². The zero-order valence-electron chi connectivity index (χ0n) is 17.7. The second kappa shape index (κ2) is 7.36. The van der Waals surface area contributed by atoms with Gasteiger partial charge < -0.3 is 31.6 Å². The zero-order valence-corrected chi connectivity index (χ0v) is 19.3. The highest BCUT2D eigenvalue weighted by Gasteiger charge is 2.56. The Kier molecular flexibility index (Phi) is 4.64. The summed E-state index contributed by atoms with van der Waals surface area (Å²) in [6.07, 6.45) is 2.85. The van der Waals surface area contributed by atoms with Crippen LogP contribution in [0.3, 0.4) is 0 Å². The summed E-state index contributed by atoms with van der Waals surface area (Å²) in [6.45, 7) is 0.608. The number of aromatic nitrogens is 4. The molecule has 33 heavy (non-hydrogen) atoms. The van der Waals surface area contributed by atoms with Crippen molar-refractivity contribution in [3.8, 4) is 0 Å². The first-order valence-electron chi connectivity index (χ1n) is 10.9. The summed E-state index contributed by atoms with van der Waals surface area (Å²) in [7, 11) is 0. The van der Waals surface area contributed by atoms with E-state index >= 15 is 0 Å². The lowest BCUT2D eigenvalue weighted by Gasteiger charge is -2.27. The fourth-order valence-corrected chi connectivity index (χ4v) is 5.97. The molecule has 1 aliphatic carbocycles. The quantitative estimate of drug-likeness (QED) is 0.276. The zero-order chi connectivity index (χ0) is 22.9. The van der Waals surface area contributed by atoms with Crippen LogP contribution < -0.4 is 16.8 Å². The van der Waals surface area contributed by atoms with Gasteiger partial charge in [-0.25, -0.2) is 15.0 Å². The average Bonchev–Trinajstić information content (AvgIpc) is 3.48. The first-order valence-corrected chi connectivity index (χ1v) is 11.7. The van der Waals surface area contributed by atoms with Crippen molar-refractivity contribution in [3.05, 3.63) is 52.9 Å². The predicted molar refractivity (Wildman–Crippen MR) is 129 cm³/mol. The van der Waals surface area contributed by atoms with Gasteiger partial charge in [-0.05, 0) is 52.5 Å². The first kappa shape index (κ1) is 20.8. The van der Waals surface area contributed by atoms with E-state index in [4.69, 9.17) is 11.5 Å². The molecule has 0 bridgehead atoms. The van der Waals surface area contributed by atoms with Gasteiger partial charge in [-0.2, -0.15) is 0 Å². The van der Waals surface area contributed by atoms with Crippen molar-refractivity contribution in [1.82, 2.24) is 24.8 Å². The van der Waals surface area contributed by atoms with E-state index < -0.39 is 17.6 Å². The molecule has 10 heteroatoms. The Hall–Kier alpha value is -2.79. The number of pyridine rings is 1. The number of nitrogens with zero attached hydrogens (tertiary/aromatic N) is 4. The van der Waals surface area contributed by atoms with Crippen LogP contribution in [0, 0.1) is 5.41 Å².